The van der Waals surface area contributed by atoms with E-state index >= 15 is 4.39 Å². The van der Waals surface area contributed by atoms with Crippen LogP contribution in [0.3, 0.4) is 0 Å². The average molecular weight is 542 g/mol. The number of nitrogens with zero attached hydrogens (tertiary/aromatic N) is 5. The van der Waals surface area contributed by atoms with Gasteiger partial charge in [-0.1, -0.05) is 18.2 Å². The second kappa shape index (κ2) is 11.5. The maximum atomic E-state index is 15.6. The van der Waals surface area contributed by atoms with Crippen molar-refractivity contribution in [2.45, 2.75) is 25.8 Å². The van der Waals surface area contributed by atoms with Gasteiger partial charge in [0, 0.05) is 43.1 Å². The summed E-state index contributed by atoms with van der Waals surface area (Å²) in [6.07, 6.45) is 5.11. The van der Waals surface area contributed by atoms with Crippen LogP contribution in [0.4, 0.5) is 27.7 Å². The molecule has 40 heavy (non-hydrogen) atoms. The van der Waals surface area contributed by atoms with Crippen molar-refractivity contribution < 1.29 is 13.9 Å². The SMILES string of the molecule is Cc1cccc2ccnc(N(C(=O)c3ccc(Nc4nccc(N5CCOCC5)n4)cc3F)[C@@H]3CCCNC3)c12. The van der Waals surface area contributed by atoms with E-state index in [1.165, 1.54) is 12.1 Å². The zero-order chi connectivity index (χ0) is 27.5. The number of piperidine rings is 1. The Balaban J connectivity index is 1.30. The quantitative estimate of drug-likeness (QED) is 0.370. The van der Waals surface area contributed by atoms with Crippen LogP contribution in [0, 0.1) is 12.7 Å². The van der Waals surface area contributed by atoms with Crippen molar-refractivity contribution >= 4 is 40.0 Å². The molecule has 2 aliphatic heterocycles. The van der Waals surface area contributed by atoms with Crippen molar-refractivity contribution in [2.75, 3.05) is 54.5 Å². The average Bonchev–Trinajstić information content (AvgIpc) is 2.99. The number of halogens is 1. The fraction of sp³-hybridized carbons (Fsp3) is 0.333. The van der Waals surface area contributed by atoms with E-state index in [0.717, 1.165) is 54.6 Å². The molecule has 0 spiro atoms. The molecule has 2 aromatic heterocycles. The van der Waals surface area contributed by atoms with E-state index in [1.807, 2.05) is 37.3 Å². The van der Waals surface area contributed by atoms with Crippen molar-refractivity contribution in [2.24, 2.45) is 0 Å². The molecule has 1 atom stereocenters. The number of ether oxygens (including phenoxy) is 1. The number of nitrogens with one attached hydrogen (secondary N) is 2. The molecule has 0 unspecified atom stereocenters. The van der Waals surface area contributed by atoms with Gasteiger partial charge >= 0.3 is 0 Å². The molecule has 2 saturated heterocycles. The molecule has 2 fully saturated rings. The number of aryl methyl sites for hydroxylation is 1. The van der Waals surface area contributed by atoms with Crippen LogP contribution in [0.5, 0.6) is 0 Å². The first kappa shape index (κ1) is 26.1. The lowest BCUT2D eigenvalue weighted by atomic mass is 10.0. The Bertz CT molecular complexity index is 1510. The van der Waals surface area contributed by atoms with Gasteiger partial charge in [-0.25, -0.2) is 14.4 Å². The van der Waals surface area contributed by atoms with Gasteiger partial charge in [0.05, 0.1) is 24.8 Å². The predicted octanol–water partition coefficient (Wildman–Crippen LogP) is 4.45. The lowest BCUT2D eigenvalue weighted by molar-refractivity contribution is 0.0968. The summed E-state index contributed by atoms with van der Waals surface area (Å²) in [5.74, 6) is 0.663. The zero-order valence-electron chi connectivity index (χ0n) is 22.4. The van der Waals surface area contributed by atoms with Gasteiger partial charge in [0.2, 0.25) is 5.95 Å². The molecule has 0 saturated carbocycles. The van der Waals surface area contributed by atoms with E-state index in [2.05, 4.69) is 30.5 Å². The molecule has 9 nitrogen and oxygen atoms in total. The molecule has 2 aliphatic rings. The Morgan fingerprint density at radius 1 is 1.12 bits per heavy atom. The minimum absolute atomic E-state index is 0.00787. The van der Waals surface area contributed by atoms with Gasteiger partial charge in [0.1, 0.15) is 17.5 Å². The number of carbonyl (C=O) groups is 1. The van der Waals surface area contributed by atoms with E-state index in [9.17, 15) is 4.79 Å². The Labute approximate surface area is 232 Å². The Kier molecular flexibility index (Phi) is 7.52. The van der Waals surface area contributed by atoms with Crippen LogP contribution in [-0.4, -0.2) is 66.3 Å². The number of fused-ring (bicyclic) bond motifs is 1. The Hall–Kier alpha value is -4.15. The van der Waals surface area contributed by atoms with Crippen molar-refractivity contribution in [3.8, 4) is 0 Å². The molecular weight excluding hydrogens is 509 g/mol. The lowest BCUT2D eigenvalue weighted by Gasteiger charge is -2.35. The smallest absolute Gasteiger partial charge is 0.262 e. The number of hydrogen-bond acceptors (Lipinski definition) is 8. The van der Waals surface area contributed by atoms with E-state index in [1.54, 1.807) is 23.4 Å². The third-order valence-corrected chi connectivity index (χ3v) is 7.49. The van der Waals surface area contributed by atoms with Gasteiger partial charge in [-0.2, -0.15) is 4.98 Å². The van der Waals surface area contributed by atoms with Crippen LogP contribution >= 0.6 is 0 Å². The summed E-state index contributed by atoms with van der Waals surface area (Å²) in [4.78, 5) is 31.4. The van der Waals surface area contributed by atoms with Gasteiger partial charge in [-0.15, -0.1) is 0 Å². The third-order valence-electron chi connectivity index (χ3n) is 7.49. The molecule has 2 N–H and O–H groups in total. The topological polar surface area (TPSA) is 95.5 Å². The first-order valence-electron chi connectivity index (χ1n) is 13.7. The highest BCUT2D eigenvalue weighted by atomic mass is 19.1. The van der Waals surface area contributed by atoms with Crippen LogP contribution in [-0.2, 0) is 4.74 Å². The highest BCUT2D eigenvalue weighted by molar-refractivity contribution is 6.11. The Morgan fingerprint density at radius 3 is 2.77 bits per heavy atom. The van der Waals surface area contributed by atoms with Crippen molar-refractivity contribution in [1.29, 1.82) is 0 Å². The number of carbonyl (C=O) groups excluding carboxylic acids is 1. The first-order valence-corrected chi connectivity index (χ1v) is 13.7. The highest BCUT2D eigenvalue weighted by Crippen LogP contribution is 2.32. The fourth-order valence-electron chi connectivity index (χ4n) is 5.46. The lowest BCUT2D eigenvalue weighted by Crippen LogP contribution is -2.49. The van der Waals surface area contributed by atoms with Crippen LogP contribution in [0.2, 0.25) is 0 Å². The number of amides is 1. The van der Waals surface area contributed by atoms with Crippen LogP contribution in [0.25, 0.3) is 10.8 Å². The molecular formula is C30H32FN7O2. The van der Waals surface area contributed by atoms with Crippen LogP contribution in [0.15, 0.2) is 60.9 Å². The van der Waals surface area contributed by atoms with Gasteiger partial charge < -0.3 is 20.3 Å². The molecule has 0 bridgehead atoms. The molecule has 206 valence electrons. The number of rotatable bonds is 6. The van der Waals surface area contributed by atoms with Crippen molar-refractivity contribution in [3.63, 3.8) is 0 Å². The van der Waals surface area contributed by atoms with Gasteiger partial charge in [0.25, 0.3) is 5.91 Å². The number of aromatic nitrogens is 3. The predicted molar refractivity (Wildman–Crippen MR) is 154 cm³/mol. The van der Waals surface area contributed by atoms with E-state index < -0.39 is 11.7 Å². The van der Waals surface area contributed by atoms with Gasteiger partial charge in [-0.3, -0.25) is 9.69 Å². The monoisotopic (exact) mass is 541 g/mol. The first-order chi connectivity index (χ1) is 19.6. The minimum Gasteiger partial charge on any atom is -0.378 e. The number of benzene rings is 2. The van der Waals surface area contributed by atoms with Gasteiger partial charge in [0.15, 0.2) is 0 Å². The molecule has 0 radical (unpaired) electrons. The second-order valence-electron chi connectivity index (χ2n) is 10.1. The summed E-state index contributed by atoms with van der Waals surface area (Å²) >= 11 is 0. The summed E-state index contributed by atoms with van der Waals surface area (Å²) in [6, 6.07) is 14.2. The number of anilines is 4. The summed E-state index contributed by atoms with van der Waals surface area (Å²) in [6.45, 7) is 6.31. The van der Waals surface area contributed by atoms with E-state index in [-0.39, 0.29) is 11.6 Å². The maximum absolute atomic E-state index is 15.6. The standard InChI is InChI=1S/C30H32FN7O2/c1-20-4-2-5-21-9-12-33-28(27(20)21)38(23-6-3-11-32-19-23)29(39)24-8-7-22(18-25(24)31)35-30-34-13-10-26(36-30)37-14-16-40-17-15-37/h2,4-5,7-10,12-13,18,23,32H,3,6,11,14-17,19H2,1H3,(H,34,35,36)/t23-/m1/s1. The summed E-state index contributed by atoms with van der Waals surface area (Å²) < 4.78 is 21.0. The molecule has 4 aromatic rings. The third kappa shape index (κ3) is 5.32. The molecule has 2 aromatic carbocycles. The largest absolute Gasteiger partial charge is 0.378 e. The minimum atomic E-state index is -0.620. The summed E-state index contributed by atoms with van der Waals surface area (Å²) in [5, 5.41) is 8.36. The Morgan fingerprint density at radius 2 is 1.98 bits per heavy atom. The van der Waals surface area contributed by atoms with Gasteiger partial charge in [-0.05, 0) is 67.6 Å². The number of hydrogen-bond donors (Lipinski definition) is 2. The maximum Gasteiger partial charge on any atom is 0.262 e. The number of morpholine rings is 1. The fourth-order valence-corrected chi connectivity index (χ4v) is 5.46. The van der Waals surface area contributed by atoms with Crippen LogP contribution < -0.4 is 20.4 Å². The van der Waals surface area contributed by atoms with Crippen LogP contribution in [0.1, 0.15) is 28.8 Å². The molecule has 4 heterocycles. The van der Waals surface area contributed by atoms with E-state index in [4.69, 9.17) is 4.74 Å². The molecule has 1 amide bonds. The molecule has 10 heteroatoms. The normalized spacial score (nSPS) is 17.6. The molecule has 6 rings (SSSR count). The van der Waals surface area contributed by atoms with Crippen molar-refractivity contribution in [3.05, 3.63) is 77.9 Å². The van der Waals surface area contributed by atoms with Crippen molar-refractivity contribution in [1.82, 2.24) is 20.3 Å². The molecule has 0 aliphatic carbocycles. The van der Waals surface area contributed by atoms with E-state index in [0.29, 0.717) is 37.2 Å². The second-order valence-corrected chi connectivity index (χ2v) is 10.1. The highest BCUT2D eigenvalue weighted by Gasteiger charge is 2.31. The summed E-state index contributed by atoms with van der Waals surface area (Å²) in [7, 11) is 0. The number of pyridine rings is 1. The zero-order valence-corrected chi connectivity index (χ0v) is 22.4. The summed E-state index contributed by atoms with van der Waals surface area (Å²) in [5.41, 5.74) is 1.46.